The molecule has 0 atom stereocenters. The first-order valence-electron chi connectivity index (χ1n) is 7.85. The largest absolute Gasteiger partial charge is 0.391 e. The molecule has 25 heavy (non-hydrogen) atoms. The molecule has 0 aliphatic heterocycles. The van der Waals surface area contributed by atoms with E-state index in [2.05, 4.69) is 15.6 Å². The first kappa shape index (κ1) is 16.7. The highest BCUT2D eigenvalue weighted by atomic mass is 16.6. The van der Waals surface area contributed by atoms with E-state index in [0.717, 1.165) is 22.5 Å². The monoisotopic (exact) mass is 340 g/mol. The summed E-state index contributed by atoms with van der Waals surface area (Å²) in [6.45, 7) is 4.07. The average Bonchev–Trinajstić information content (AvgIpc) is 3.15. The van der Waals surface area contributed by atoms with Gasteiger partial charge < -0.3 is 9.40 Å². The molecule has 1 aromatic carbocycles. The molecule has 130 valence electrons. The number of aromatic nitrogens is 5. The number of aryl methyl sites for hydroxylation is 3. The number of oxime groups is 1. The molecule has 2 heterocycles. The van der Waals surface area contributed by atoms with Crippen LogP contribution >= 0.6 is 0 Å². The van der Waals surface area contributed by atoms with Crippen molar-refractivity contribution in [3.05, 3.63) is 63.8 Å². The lowest BCUT2D eigenvalue weighted by molar-refractivity contribution is 0.130. The van der Waals surface area contributed by atoms with Gasteiger partial charge in [-0.05, 0) is 48.0 Å². The second kappa shape index (κ2) is 6.76. The van der Waals surface area contributed by atoms with Gasteiger partial charge in [0, 0.05) is 25.9 Å². The van der Waals surface area contributed by atoms with Crippen molar-refractivity contribution < 1.29 is 4.84 Å². The fraction of sp³-hybridized carbons (Fsp3) is 0.294. The number of tetrazole rings is 1. The van der Waals surface area contributed by atoms with Gasteiger partial charge in [0.1, 0.15) is 12.3 Å². The Balaban J connectivity index is 1.87. The third-order valence-corrected chi connectivity index (χ3v) is 4.06. The highest BCUT2D eigenvalue weighted by molar-refractivity contribution is 5.96. The molecular weight excluding hydrogens is 320 g/mol. The Kier molecular flexibility index (Phi) is 4.51. The number of nitrogens with zero attached hydrogens (tertiary/aromatic N) is 6. The Morgan fingerprint density at radius 2 is 2.00 bits per heavy atom. The lowest BCUT2D eigenvalue weighted by atomic mass is 10.1. The topological polar surface area (TPSA) is 79.2 Å². The molecule has 0 aliphatic carbocycles. The van der Waals surface area contributed by atoms with E-state index in [1.807, 2.05) is 62.0 Å². The van der Waals surface area contributed by atoms with Gasteiger partial charge in [-0.2, -0.15) is 9.36 Å². The summed E-state index contributed by atoms with van der Waals surface area (Å²) in [6, 6.07) is 9.56. The number of hydrogen-bond acceptors (Lipinski definition) is 5. The quantitative estimate of drug-likeness (QED) is 0.521. The van der Waals surface area contributed by atoms with E-state index >= 15 is 0 Å². The maximum Gasteiger partial charge on any atom is 0.368 e. The van der Waals surface area contributed by atoms with Crippen LogP contribution in [0.1, 0.15) is 23.7 Å². The molecule has 0 amide bonds. The van der Waals surface area contributed by atoms with Crippen LogP contribution in [0.15, 0.2) is 46.5 Å². The molecule has 0 unspecified atom stereocenters. The van der Waals surface area contributed by atoms with E-state index in [0.29, 0.717) is 5.69 Å². The standard InChI is InChI=1S/C17H20N6O2/c1-12-7-5-8-16(23-17(24)22(4)19-20-23)14(12)11-25-18-13(2)15-9-6-10-21(15)3/h5-10H,11H2,1-4H3. The van der Waals surface area contributed by atoms with E-state index in [-0.39, 0.29) is 12.3 Å². The molecule has 3 aromatic rings. The van der Waals surface area contributed by atoms with Crippen LogP contribution in [0.3, 0.4) is 0 Å². The molecule has 2 aromatic heterocycles. The summed E-state index contributed by atoms with van der Waals surface area (Å²) in [5.41, 5.74) is 3.92. The second-order valence-corrected chi connectivity index (χ2v) is 5.82. The van der Waals surface area contributed by atoms with Crippen LogP contribution < -0.4 is 5.69 Å². The molecular formula is C17H20N6O2. The van der Waals surface area contributed by atoms with Crippen LogP contribution in [-0.2, 0) is 25.5 Å². The maximum absolute atomic E-state index is 12.1. The zero-order valence-corrected chi connectivity index (χ0v) is 14.7. The van der Waals surface area contributed by atoms with Gasteiger partial charge >= 0.3 is 5.69 Å². The molecule has 0 N–H and O–H groups in total. The van der Waals surface area contributed by atoms with Crippen molar-refractivity contribution in [3.8, 4) is 5.69 Å². The molecule has 0 aliphatic rings. The molecule has 0 radical (unpaired) electrons. The zero-order valence-electron chi connectivity index (χ0n) is 14.7. The van der Waals surface area contributed by atoms with Gasteiger partial charge in [-0.25, -0.2) is 4.79 Å². The van der Waals surface area contributed by atoms with Crippen LogP contribution in [0.4, 0.5) is 0 Å². The smallest absolute Gasteiger partial charge is 0.368 e. The highest BCUT2D eigenvalue weighted by Gasteiger charge is 2.13. The average molecular weight is 340 g/mol. The molecule has 0 saturated heterocycles. The van der Waals surface area contributed by atoms with Crippen LogP contribution in [0.25, 0.3) is 5.69 Å². The Morgan fingerprint density at radius 3 is 2.64 bits per heavy atom. The molecule has 0 bridgehead atoms. The Hall–Kier alpha value is -3.16. The first-order chi connectivity index (χ1) is 12.0. The van der Waals surface area contributed by atoms with Crippen LogP contribution in [-0.4, -0.2) is 30.1 Å². The summed E-state index contributed by atoms with van der Waals surface area (Å²) >= 11 is 0. The van der Waals surface area contributed by atoms with Crippen molar-refractivity contribution in [2.24, 2.45) is 19.3 Å². The lowest BCUT2D eigenvalue weighted by Gasteiger charge is -2.11. The van der Waals surface area contributed by atoms with Crippen molar-refractivity contribution in [1.29, 1.82) is 0 Å². The maximum atomic E-state index is 12.1. The van der Waals surface area contributed by atoms with E-state index in [1.165, 1.54) is 9.36 Å². The van der Waals surface area contributed by atoms with Crippen molar-refractivity contribution in [3.63, 3.8) is 0 Å². The van der Waals surface area contributed by atoms with E-state index in [4.69, 9.17) is 4.84 Å². The normalized spacial score (nSPS) is 11.8. The summed E-state index contributed by atoms with van der Waals surface area (Å²) in [4.78, 5) is 17.7. The fourth-order valence-electron chi connectivity index (χ4n) is 2.62. The molecule has 0 fully saturated rings. The summed E-state index contributed by atoms with van der Waals surface area (Å²) in [7, 11) is 3.51. The predicted molar refractivity (Wildman–Crippen MR) is 93.8 cm³/mol. The van der Waals surface area contributed by atoms with Crippen LogP contribution in [0.2, 0.25) is 0 Å². The SMILES string of the molecule is CC(=NOCc1c(C)cccc1-n1nnn(C)c1=O)c1cccn1C. The van der Waals surface area contributed by atoms with Crippen LogP contribution in [0.5, 0.6) is 0 Å². The van der Waals surface area contributed by atoms with Gasteiger partial charge in [0.15, 0.2) is 0 Å². The number of rotatable bonds is 5. The second-order valence-electron chi connectivity index (χ2n) is 5.82. The summed E-state index contributed by atoms with van der Waals surface area (Å²) < 4.78 is 4.42. The molecule has 0 saturated carbocycles. The van der Waals surface area contributed by atoms with Crippen molar-refractivity contribution >= 4 is 5.71 Å². The summed E-state index contributed by atoms with van der Waals surface area (Å²) in [5.74, 6) is 0. The van der Waals surface area contributed by atoms with Crippen molar-refractivity contribution in [1.82, 2.24) is 24.4 Å². The number of benzene rings is 1. The van der Waals surface area contributed by atoms with Gasteiger partial charge in [-0.15, -0.1) is 0 Å². The first-order valence-corrected chi connectivity index (χ1v) is 7.85. The minimum absolute atomic E-state index is 0.229. The molecule has 0 spiro atoms. The zero-order chi connectivity index (χ0) is 18.0. The third-order valence-electron chi connectivity index (χ3n) is 4.06. The Bertz CT molecular complexity index is 979. The van der Waals surface area contributed by atoms with Gasteiger partial charge in [0.2, 0.25) is 0 Å². The number of hydrogen-bond donors (Lipinski definition) is 0. The minimum Gasteiger partial charge on any atom is -0.391 e. The Labute approximate surface area is 144 Å². The van der Waals surface area contributed by atoms with Crippen molar-refractivity contribution in [2.45, 2.75) is 20.5 Å². The highest BCUT2D eigenvalue weighted by Crippen LogP contribution is 2.18. The fourth-order valence-corrected chi connectivity index (χ4v) is 2.62. The van der Waals surface area contributed by atoms with E-state index < -0.39 is 0 Å². The van der Waals surface area contributed by atoms with Gasteiger partial charge in [0.25, 0.3) is 0 Å². The predicted octanol–water partition coefficient (Wildman–Crippen LogP) is 1.55. The third kappa shape index (κ3) is 3.23. The minimum atomic E-state index is -0.310. The van der Waals surface area contributed by atoms with E-state index in [9.17, 15) is 4.79 Å². The van der Waals surface area contributed by atoms with Crippen LogP contribution in [0, 0.1) is 6.92 Å². The van der Waals surface area contributed by atoms with Gasteiger partial charge in [-0.1, -0.05) is 17.3 Å². The summed E-state index contributed by atoms with van der Waals surface area (Å²) in [6.07, 6.45) is 1.95. The molecule has 8 heteroatoms. The Morgan fingerprint density at radius 1 is 1.20 bits per heavy atom. The van der Waals surface area contributed by atoms with Gasteiger partial charge in [0.05, 0.1) is 11.4 Å². The summed E-state index contributed by atoms with van der Waals surface area (Å²) in [5, 5.41) is 11.9. The van der Waals surface area contributed by atoms with E-state index in [1.54, 1.807) is 7.05 Å². The van der Waals surface area contributed by atoms with Crippen molar-refractivity contribution in [2.75, 3.05) is 0 Å². The molecule has 8 nitrogen and oxygen atoms in total. The van der Waals surface area contributed by atoms with Gasteiger partial charge in [-0.3, -0.25) is 0 Å². The lowest BCUT2D eigenvalue weighted by Crippen LogP contribution is -2.23. The molecule has 3 rings (SSSR count).